The Morgan fingerprint density at radius 2 is 2.00 bits per heavy atom. The second kappa shape index (κ2) is 9.84. The maximum atomic E-state index is 11.1. The van der Waals surface area contributed by atoms with Crippen molar-refractivity contribution in [2.45, 2.75) is 19.4 Å². The molecular weight excluding hydrogens is 406 g/mol. The smallest absolute Gasteiger partial charge is 0.250 e. The lowest BCUT2D eigenvalue weighted by Crippen LogP contribution is -2.25. The van der Waals surface area contributed by atoms with Crippen LogP contribution in [0.3, 0.4) is 0 Å². The minimum Gasteiger partial charge on any atom is -0.439 e. The predicted molar refractivity (Wildman–Crippen MR) is 118 cm³/mol. The first-order chi connectivity index (χ1) is 15.6. The minimum absolute atomic E-state index is 0.172. The summed E-state index contributed by atoms with van der Waals surface area (Å²) < 4.78 is 11.2. The van der Waals surface area contributed by atoms with Crippen molar-refractivity contribution in [1.82, 2.24) is 20.5 Å². The third-order valence-electron chi connectivity index (χ3n) is 4.93. The van der Waals surface area contributed by atoms with E-state index in [1.165, 1.54) is 18.2 Å². The number of aryl methyl sites for hydroxylation is 1. The molecule has 0 radical (unpaired) electrons. The number of hydrogen-bond acceptors (Lipinski definition) is 7. The lowest BCUT2D eigenvalue weighted by molar-refractivity contribution is 0.1000. The highest BCUT2D eigenvalue weighted by atomic mass is 16.5. The molecule has 0 spiro atoms. The summed E-state index contributed by atoms with van der Waals surface area (Å²) in [6, 6.07) is 19.0. The standard InChI is InChI=1S/C24H23N5O3/c1-16-3-2-4-18(13-16)22(24-29-28-15-31-24)26-12-11-17-5-8-20(9-6-17)32-21-10-7-19(14-27-21)23(25)30/h2-10,13-15,22,26H,11-12H2,1H3,(H2,25,30). The monoisotopic (exact) mass is 429 g/mol. The van der Waals surface area contributed by atoms with Crippen molar-refractivity contribution in [3.8, 4) is 11.6 Å². The van der Waals surface area contributed by atoms with E-state index < -0.39 is 5.91 Å². The molecule has 8 nitrogen and oxygen atoms in total. The fraction of sp³-hybridized carbons (Fsp3) is 0.167. The average molecular weight is 429 g/mol. The highest BCUT2D eigenvalue weighted by molar-refractivity contribution is 5.92. The number of rotatable bonds is 9. The summed E-state index contributed by atoms with van der Waals surface area (Å²) >= 11 is 0. The van der Waals surface area contributed by atoms with Crippen LogP contribution >= 0.6 is 0 Å². The number of nitrogens with one attached hydrogen (secondary N) is 1. The number of pyridine rings is 1. The van der Waals surface area contributed by atoms with Gasteiger partial charge in [-0.05, 0) is 42.7 Å². The zero-order chi connectivity index (χ0) is 22.3. The van der Waals surface area contributed by atoms with Gasteiger partial charge in [0.2, 0.25) is 24.1 Å². The fourth-order valence-corrected chi connectivity index (χ4v) is 3.30. The summed E-state index contributed by atoms with van der Waals surface area (Å²) in [5.74, 6) is 1.06. The Labute approximate surface area is 185 Å². The van der Waals surface area contributed by atoms with Gasteiger partial charge < -0.3 is 20.2 Å². The van der Waals surface area contributed by atoms with Crippen LogP contribution in [0, 0.1) is 6.92 Å². The molecule has 1 amide bonds. The lowest BCUT2D eigenvalue weighted by atomic mass is 10.0. The Hall–Kier alpha value is -4.04. The summed E-state index contributed by atoms with van der Waals surface area (Å²) in [6.45, 7) is 2.77. The number of ether oxygens (including phenoxy) is 1. The number of nitrogens with two attached hydrogens (primary N) is 1. The molecule has 0 bridgehead atoms. The van der Waals surface area contributed by atoms with Gasteiger partial charge in [-0.3, -0.25) is 4.79 Å². The van der Waals surface area contributed by atoms with Gasteiger partial charge in [0.25, 0.3) is 0 Å². The molecule has 8 heteroatoms. The second-order valence-electron chi connectivity index (χ2n) is 7.32. The van der Waals surface area contributed by atoms with E-state index in [1.54, 1.807) is 12.1 Å². The van der Waals surface area contributed by atoms with E-state index in [9.17, 15) is 4.79 Å². The second-order valence-corrected chi connectivity index (χ2v) is 7.32. The van der Waals surface area contributed by atoms with Gasteiger partial charge in [0.1, 0.15) is 11.8 Å². The van der Waals surface area contributed by atoms with Gasteiger partial charge in [-0.25, -0.2) is 4.98 Å². The van der Waals surface area contributed by atoms with Crippen molar-refractivity contribution >= 4 is 5.91 Å². The molecule has 32 heavy (non-hydrogen) atoms. The van der Waals surface area contributed by atoms with Crippen LogP contribution in [-0.2, 0) is 6.42 Å². The van der Waals surface area contributed by atoms with E-state index >= 15 is 0 Å². The van der Waals surface area contributed by atoms with E-state index in [0.29, 0.717) is 23.1 Å². The quantitative estimate of drug-likeness (QED) is 0.418. The van der Waals surface area contributed by atoms with Crippen molar-refractivity contribution in [2.24, 2.45) is 5.73 Å². The van der Waals surface area contributed by atoms with E-state index in [2.05, 4.69) is 39.6 Å². The summed E-state index contributed by atoms with van der Waals surface area (Å²) in [6.07, 6.45) is 3.54. The Kier molecular flexibility index (Phi) is 6.52. The minimum atomic E-state index is -0.522. The van der Waals surface area contributed by atoms with Gasteiger partial charge in [0.15, 0.2) is 0 Å². The van der Waals surface area contributed by atoms with Crippen LogP contribution in [0.5, 0.6) is 11.6 Å². The zero-order valence-corrected chi connectivity index (χ0v) is 17.6. The number of benzene rings is 2. The maximum Gasteiger partial charge on any atom is 0.250 e. The number of nitrogens with zero attached hydrogens (tertiary/aromatic N) is 3. The zero-order valence-electron chi connectivity index (χ0n) is 17.6. The van der Waals surface area contributed by atoms with Crippen LogP contribution < -0.4 is 15.8 Å². The van der Waals surface area contributed by atoms with Crippen LogP contribution in [0.2, 0.25) is 0 Å². The highest BCUT2D eigenvalue weighted by Crippen LogP contribution is 2.22. The third-order valence-corrected chi connectivity index (χ3v) is 4.93. The number of carbonyl (C=O) groups is 1. The normalized spacial score (nSPS) is 11.8. The number of amides is 1. The predicted octanol–water partition coefficient (Wildman–Crippen LogP) is 3.59. The largest absolute Gasteiger partial charge is 0.439 e. The Morgan fingerprint density at radius 3 is 2.66 bits per heavy atom. The molecule has 0 fully saturated rings. The van der Waals surface area contributed by atoms with E-state index in [1.807, 2.05) is 36.4 Å². The van der Waals surface area contributed by atoms with Crippen molar-refractivity contribution in [3.63, 3.8) is 0 Å². The van der Waals surface area contributed by atoms with Crippen LogP contribution in [0.15, 0.2) is 77.7 Å². The van der Waals surface area contributed by atoms with Crippen LogP contribution in [0.25, 0.3) is 0 Å². The number of hydrogen-bond donors (Lipinski definition) is 2. The first-order valence-corrected chi connectivity index (χ1v) is 10.2. The maximum absolute atomic E-state index is 11.1. The van der Waals surface area contributed by atoms with Crippen molar-refractivity contribution in [2.75, 3.05) is 6.54 Å². The van der Waals surface area contributed by atoms with E-state index in [0.717, 1.165) is 24.1 Å². The summed E-state index contributed by atoms with van der Waals surface area (Å²) in [5.41, 5.74) is 8.95. The molecular formula is C24H23N5O3. The Morgan fingerprint density at radius 1 is 1.16 bits per heavy atom. The molecule has 1 atom stereocenters. The van der Waals surface area contributed by atoms with Crippen LogP contribution in [0.1, 0.15) is 39.0 Å². The lowest BCUT2D eigenvalue weighted by Gasteiger charge is -2.16. The Bertz CT molecular complexity index is 1160. The van der Waals surface area contributed by atoms with Crippen molar-refractivity contribution in [1.29, 1.82) is 0 Å². The van der Waals surface area contributed by atoms with Crippen molar-refractivity contribution in [3.05, 3.63) is 101 Å². The molecule has 0 saturated heterocycles. The average Bonchev–Trinajstić information content (AvgIpc) is 3.33. The van der Waals surface area contributed by atoms with Gasteiger partial charge >= 0.3 is 0 Å². The molecule has 162 valence electrons. The van der Waals surface area contributed by atoms with Gasteiger partial charge in [-0.2, -0.15) is 0 Å². The molecule has 3 N–H and O–H groups in total. The first kappa shape index (κ1) is 21.2. The molecule has 1 unspecified atom stereocenters. The summed E-state index contributed by atoms with van der Waals surface area (Å²) in [7, 11) is 0. The number of primary amides is 1. The van der Waals surface area contributed by atoms with E-state index in [-0.39, 0.29) is 6.04 Å². The van der Waals surface area contributed by atoms with E-state index in [4.69, 9.17) is 14.9 Å². The third kappa shape index (κ3) is 5.35. The molecule has 0 aliphatic rings. The highest BCUT2D eigenvalue weighted by Gasteiger charge is 2.18. The molecule has 2 heterocycles. The van der Waals surface area contributed by atoms with Gasteiger partial charge in [0.05, 0.1) is 5.56 Å². The van der Waals surface area contributed by atoms with Crippen LogP contribution in [-0.4, -0.2) is 27.6 Å². The number of carbonyl (C=O) groups excluding carboxylic acids is 1. The summed E-state index contributed by atoms with van der Waals surface area (Å²) in [4.78, 5) is 15.2. The molecule has 4 rings (SSSR count). The van der Waals surface area contributed by atoms with Gasteiger partial charge in [-0.15, -0.1) is 10.2 Å². The van der Waals surface area contributed by atoms with Crippen molar-refractivity contribution < 1.29 is 13.9 Å². The SMILES string of the molecule is Cc1cccc(C(NCCc2ccc(Oc3ccc(C(N)=O)cn3)cc2)c2nnco2)c1. The molecule has 0 aliphatic heterocycles. The Balaban J connectivity index is 1.35. The topological polar surface area (TPSA) is 116 Å². The van der Waals surface area contributed by atoms with Gasteiger partial charge in [-0.1, -0.05) is 42.0 Å². The first-order valence-electron chi connectivity index (χ1n) is 10.2. The fourth-order valence-electron chi connectivity index (χ4n) is 3.30. The summed E-state index contributed by atoms with van der Waals surface area (Å²) in [5, 5.41) is 11.4. The molecule has 2 aromatic carbocycles. The molecule has 0 aliphatic carbocycles. The van der Waals surface area contributed by atoms with Crippen LogP contribution in [0.4, 0.5) is 0 Å². The molecule has 2 aromatic heterocycles. The molecule has 0 saturated carbocycles. The molecule has 4 aromatic rings. The number of aromatic nitrogens is 3. The van der Waals surface area contributed by atoms with Gasteiger partial charge in [0, 0.05) is 18.8 Å².